The number of hydrogen-bond donors (Lipinski definition) is 2. The number of aryl methyl sites for hydroxylation is 1. The van der Waals surface area contributed by atoms with Crippen molar-refractivity contribution in [3.63, 3.8) is 0 Å². The molecule has 2 aliphatic heterocycles. The van der Waals surface area contributed by atoms with Crippen molar-refractivity contribution >= 4 is 75.8 Å². The molecule has 4 rings (SSSR count). The summed E-state index contributed by atoms with van der Waals surface area (Å²) < 4.78 is 1.93. The summed E-state index contributed by atoms with van der Waals surface area (Å²) in [4.78, 5) is 31.7. The van der Waals surface area contributed by atoms with Crippen LogP contribution >= 0.6 is 58.9 Å². The van der Waals surface area contributed by atoms with Crippen molar-refractivity contribution in [1.82, 2.24) is 15.2 Å². The second kappa shape index (κ2) is 10.2. The van der Waals surface area contributed by atoms with Gasteiger partial charge in [-0.1, -0.05) is 35.4 Å². The SMILES string of the molecule is C[n+]1ccc(SCC2=C(C(=O)O)N3C(=O)[C@@H](NC(=S)Cc4cc(Cl)nc(Cl)c4)[C@H]3SC2)cc1. The molecular weight excluding hydrogens is 523 g/mol. The van der Waals surface area contributed by atoms with Gasteiger partial charge in [-0.25, -0.2) is 14.3 Å². The molecule has 33 heavy (non-hydrogen) atoms. The van der Waals surface area contributed by atoms with E-state index >= 15 is 0 Å². The number of hydrogen-bond acceptors (Lipinski definition) is 6. The van der Waals surface area contributed by atoms with Gasteiger partial charge in [0.1, 0.15) is 34.5 Å². The second-order valence-corrected chi connectivity index (χ2v) is 10.9. The van der Waals surface area contributed by atoms with Crippen LogP contribution in [0.15, 0.2) is 52.8 Å². The van der Waals surface area contributed by atoms with Crippen molar-refractivity contribution in [3.8, 4) is 0 Å². The van der Waals surface area contributed by atoms with Gasteiger partial charge in [-0.05, 0) is 23.3 Å². The number of β-lactam (4-membered cyclic amide) rings is 1. The lowest BCUT2D eigenvalue weighted by Gasteiger charge is -2.49. The van der Waals surface area contributed by atoms with Crippen LogP contribution in [-0.4, -0.2) is 54.8 Å². The van der Waals surface area contributed by atoms with Crippen LogP contribution in [-0.2, 0) is 23.1 Å². The topological polar surface area (TPSA) is 86.4 Å². The number of aromatic nitrogens is 2. The maximum absolute atomic E-state index is 12.9. The van der Waals surface area contributed by atoms with E-state index in [9.17, 15) is 14.7 Å². The van der Waals surface area contributed by atoms with Crippen LogP contribution in [0, 0.1) is 0 Å². The van der Waals surface area contributed by atoms with E-state index in [-0.39, 0.29) is 27.3 Å². The van der Waals surface area contributed by atoms with Crippen molar-refractivity contribution in [2.75, 3.05) is 11.5 Å². The monoisotopic (exact) mass is 541 g/mol. The Balaban J connectivity index is 1.43. The number of nitrogens with one attached hydrogen (secondary N) is 1. The summed E-state index contributed by atoms with van der Waals surface area (Å²) in [5, 5.41) is 13.1. The van der Waals surface area contributed by atoms with Gasteiger partial charge < -0.3 is 10.4 Å². The molecule has 0 saturated carbocycles. The van der Waals surface area contributed by atoms with Crippen LogP contribution in [0.4, 0.5) is 0 Å². The maximum Gasteiger partial charge on any atom is 0.352 e. The van der Waals surface area contributed by atoms with Crippen LogP contribution in [0.2, 0.25) is 10.3 Å². The highest BCUT2D eigenvalue weighted by molar-refractivity contribution is 8.01. The van der Waals surface area contributed by atoms with E-state index in [0.29, 0.717) is 22.9 Å². The number of amides is 1. The fourth-order valence-corrected chi connectivity index (χ4v) is 6.74. The first-order chi connectivity index (χ1) is 15.7. The number of carbonyl (C=O) groups excluding carboxylic acids is 1. The Bertz CT molecular complexity index is 1140. The van der Waals surface area contributed by atoms with Crippen LogP contribution < -0.4 is 9.88 Å². The van der Waals surface area contributed by atoms with Gasteiger partial charge in [0.25, 0.3) is 5.91 Å². The Morgan fingerprint density at radius 2 is 2.03 bits per heavy atom. The van der Waals surface area contributed by atoms with E-state index in [0.717, 1.165) is 16.0 Å². The maximum atomic E-state index is 12.9. The number of thioether (sulfide) groups is 2. The van der Waals surface area contributed by atoms with Crippen LogP contribution in [0.25, 0.3) is 0 Å². The number of carboxylic acids is 1. The first-order valence-electron chi connectivity index (χ1n) is 9.82. The second-order valence-electron chi connectivity index (χ2n) is 7.50. The summed E-state index contributed by atoms with van der Waals surface area (Å²) in [5.74, 6) is -0.360. The lowest BCUT2D eigenvalue weighted by atomic mass is 10.0. The van der Waals surface area contributed by atoms with Gasteiger partial charge in [-0.2, -0.15) is 0 Å². The number of rotatable bonds is 7. The molecule has 172 valence electrons. The minimum Gasteiger partial charge on any atom is -0.477 e. The number of nitrogens with zero attached hydrogens (tertiary/aromatic N) is 3. The normalized spacial score (nSPS) is 19.7. The molecule has 12 heteroatoms. The van der Waals surface area contributed by atoms with Crippen LogP contribution in [0.3, 0.4) is 0 Å². The summed E-state index contributed by atoms with van der Waals surface area (Å²) in [6.07, 6.45) is 4.22. The van der Waals surface area contributed by atoms with E-state index in [2.05, 4.69) is 10.3 Å². The number of carbonyl (C=O) groups is 2. The van der Waals surface area contributed by atoms with Crippen LogP contribution in [0.1, 0.15) is 5.56 Å². The number of fused-ring (bicyclic) bond motifs is 1. The molecule has 0 unspecified atom stereocenters. The van der Waals surface area contributed by atoms with Crippen molar-refractivity contribution < 1.29 is 19.3 Å². The summed E-state index contributed by atoms with van der Waals surface area (Å²) in [7, 11) is 1.93. The van der Waals surface area contributed by atoms with E-state index in [1.54, 1.807) is 23.9 Å². The van der Waals surface area contributed by atoms with Gasteiger partial charge in [0.2, 0.25) is 0 Å². The van der Waals surface area contributed by atoms with E-state index in [4.69, 9.17) is 35.4 Å². The first kappa shape index (κ1) is 24.3. The van der Waals surface area contributed by atoms with Crippen LogP contribution in [0.5, 0.6) is 0 Å². The predicted molar refractivity (Wildman–Crippen MR) is 134 cm³/mol. The zero-order chi connectivity index (χ0) is 23.7. The molecule has 0 radical (unpaired) electrons. The fraction of sp³-hybridized carbons (Fsp3) is 0.286. The summed E-state index contributed by atoms with van der Waals surface area (Å²) in [6.45, 7) is 0. The molecule has 2 aliphatic rings. The quantitative estimate of drug-likeness (QED) is 0.182. The molecule has 0 aromatic carbocycles. The molecule has 4 heterocycles. The first-order valence-corrected chi connectivity index (χ1v) is 13.0. The van der Waals surface area contributed by atoms with Crippen molar-refractivity contribution in [3.05, 3.63) is 63.8 Å². The Hall–Kier alpha value is -1.85. The summed E-state index contributed by atoms with van der Waals surface area (Å²) >= 11 is 20.4. The smallest absolute Gasteiger partial charge is 0.352 e. The average Bonchev–Trinajstić information content (AvgIpc) is 2.75. The van der Waals surface area contributed by atoms with Gasteiger partial charge >= 0.3 is 5.97 Å². The highest BCUT2D eigenvalue weighted by atomic mass is 35.5. The lowest BCUT2D eigenvalue weighted by molar-refractivity contribution is -0.671. The Kier molecular flexibility index (Phi) is 7.49. The molecule has 1 saturated heterocycles. The molecule has 0 bridgehead atoms. The third kappa shape index (κ3) is 5.46. The number of pyridine rings is 2. The molecule has 7 nitrogen and oxygen atoms in total. The van der Waals surface area contributed by atoms with Gasteiger partial charge in [0.15, 0.2) is 12.4 Å². The van der Waals surface area contributed by atoms with Crippen molar-refractivity contribution in [2.24, 2.45) is 7.05 Å². The van der Waals surface area contributed by atoms with Crippen molar-refractivity contribution in [1.29, 1.82) is 0 Å². The standard InChI is InChI=1S/C21H18Cl2N4O3S3/c1-26-4-2-13(3-5-26)32-9-12-10-33-20-17(19(28)27(20)18(12)21(29)30)25-16(31)8-11-6-14(22)24-15(23)7-11/h2-7,17,20H,8-10H2,1H3,(H-,25,29,30,31)/p+1/t17-,20-/m1/s1. The average molecular weight is 543 g/mol. The van der Waals surface area contributed by atoms with Gasteiger partial charge in [0, 0.05) is 35.0 Å². The third-order valence-electron chi connectivity index (χ3n) is 5.11. The molecule has 1 amide bonds. The zero-order valence-corrected chi connectivity index (χ0v) is 21.3. The van der Waals surface area contributed by atoms with Gasteiger partial charge in [-0.15, -0.1) is 23.5 Å². The third-order valence-corrected chi connectivity index (χ3v) is 8.20. The molecule has 1 fully saturated rings. The molecule has 2 aromatic rings. The largest absolute Gasteiger partial charge is 0.477 e. The highest BCUT2D eigenvalue weighted by Gasteiger charge is 2.53. The number of halogens is 2. The Labute approximate surface area is 214 Å². The van der Waals surface area contributed by atoms with Crippen molar-refractivity contribution in [2.45, 2.75) is 22.7 Å². The molecular formula is C21H19Cl2N4O3S3+. The van der Waals surface area contributed by atoms with Gasteiger partial charge in [0.05, 0.1) is 4.99 Å². The molecule has 0 spiro atoms. The predicted octanol–water partition coefficient (Wildman–Crippen LogP) is 3.09. The fourth-order valence-electron chi connectivity index (χ4n) is 3.57. The van der Waals surface area contributed by atoms with E-state index in [1.165, 1.54) is 16.7 Å². The minimum atomic E-state index is -1.09. The minimum absolute atomic E-state index is 0.0782. The molecule has 0 aliphatic carbocycles. The molecule has 2 N–H and O–H groups in total. The summed E-state index contributed by atoms with van der Waals surface area (Å²) in [5.41, 5.74) is 1.59. The summed E-state index contributed by atoms with van der Waals surface area (Å²) in [6, 6.07) is 6.70. The number of carboxylic acid groups (broad SMARTS) is 1. The molecule has 2 atom stereocenters. The number of aliphatic carboxylic acids is 1. The lowest BCUT2D eigenvalue weighted by Crippen LogP contribution is -2.70. The highest BCUT2D eigenvalue weighted by Crippen LogP contribution is 2.41. The number of thiocarbonyl (C=S) groups is 1. The Morgan fingerprint density at radius 1 is 1.36 bits per heavy atom. The van der Waals surface area contributed by atoms with E-state index < -0.39 is 12.0 Å². The van der Waals surface area contributed by atoms with Gasteiger partial charge in [-0.3, -0.25) is 9.69 Å². The molecule has 2 aromatic heterocycles. The van der Waals surface area contributed by atoms with E-state index in [1.807, 2.05) is 36.1 Å². The zero-order valence-electron chi connectivity index (χ0n) is 17.3. The Morgan fingerprint density at radius 3 is 2.67 bits per heavy atom.